The molecule has 4 amide bonds. The van der Waals surface area contributed by atoms with E-state index in [1.807, 2.05) is 38.1 Å². The number of urea groups is 1. The molecule has 2 aliphatic heterocycles. The lowest BCUT2D eigenvalue weighted by Crippen LogP contribution is -2.59. The maximum atomic E-state index is 14.2. The lowest BCUT2D eigenvalue weighted by Gasteiger charge is -2.41. The average molecular weight is 755 g/mol. The highest BCUT2D eigenvalue weighted by Crippen LogP contribution is 2.32. The lowest BCUT2D eigenvalue weighted by atomic mass is 9.89. The van der Waals surface area contributed by atoms with Crippen LogP contribution in [0.25, 0.3) is 11.1 Å². The lowest BCUT2D eigenvalue weighted by molar-refractivity contribution is -0.130. The smallest absolute Gasteiger partial charge is 0.337 e. The largest absolute Gasteiger partial charge is 0.393 e. The van der Waals surface area contributed by atoms with E-state index in [2.05, 4.69) is 80.9 Å². The number of amides is 4. The molecule has 296 valence electrons. The van der Waals surface area contributed by atoms with E-state index in [0.29, 0.717) is 37.4 Å². The van der Waals surface area contributed by atoms with E-state index in [1.165, 1.54) is 34.7 Å². The van der Waals surface area contributed by atoms with E-state index in [-0.39, 0.29) is 36.2 Å². The molecule has 0 radical (unpaired) electrons. The van der Waals surface area contributed by atoms with Crippen LogP contribution in [0.5, 0.6) is 0 Å². The molecule has 1 saturated carbocycles. The number of benzene rings is 2. The molecule has 3 aliphatic rings. The second-order valence-corrected chi connectivity index (χ2v) is 13.7. The average Bonchev–Trinajstić information content (AvgIpc) is 3.18. The van der Waals surface area contributed by atoms with Crippen molar-refractivity contribution in [2.45, 2.75) is 98.3 Å². The van der Waals surface area contributed by atoms with Crippen LogP contribution in [0.4, 0.5) is 14.9 Å². The zero-order valence-corrected chi connectivity index (χ0v) is 33.6. The fourth-order valence-electron chi connectivity index (χ4n) is 6.78. The Hall–Kier alpha value is -5.12. The zero-order chi connectivity index (χ0) is 40.3. The van der Waals surface area contributed by atoms with E-state index >= 15 is 0 Å². The predicted octanol–water partition coefficient (Wildman–Crippen LogP) is 7.12. The normalized spacial score (nSPS) is 20.6. The van der Waals surface area contributed by atoms with Crippen LogP contribution in [0.15, 0.2) is 82.9 Å². The number of aliphatic imine (C=N–C) groups is 2. The molecule has 3 fully saturated rings. The van der Waals surface area contributed by atoms with Crippen LogP contribution < -0.4 is 15.5 Å². The first-order valence-corrected chi connectivity index (χ1v) is 19.3. The summed E-state index contributed by atoms with van der Waals surface area (Å²) >= 11 is 0. The van der Waals surface area contributed by atoms with Crippen molar-refractivity contribution in [3.8, 4) is 23.5 Å². The van der Waals surface area contributed by atoms with E-state index in [1.54, 1.807) is 20.2 Å². The summed E-state index contributed by atoms with van der Waals surface area (Å²) in [4.78, 5) is 55.9. The molecule has 0 unspecified atom stereocenters. The van der Waals surface area contributed by atoms with Crippen molar-refractivity contribution in [1.29, 1.82) is 0 Å². The first-order valence-electron chi connectivity index (χ1n) is 19.3. The summed E-state index contributed by atoms with van der Waals surface area (Å²) in [6, 6.07) is 15.7. The number of anilines is 1. The second kappa shape index (κ2) is 22.9. The van der Waals surface area contributed by atoms with Gasteiger partial charge in [-0.2, -0.15) is 0 Å². The van der Waals surface area contributed by atoms with Crippen LogP contribution in [0, 0.1) is 12.3 Å². The minimum absolute atomic E-state index is 0.0856. The molecule has 0 spiro atoms. The number of nitrogens with one attached hydrogen (secondary N) is 2. The molecule has 0 atom stereocenters. The van der Waals surface area contributed by atoms with Crippen LogP contribution in [-0.2, 0) is 16.1 Å². The van der Waals surface area contributed by atoms with Gasteiger partial charge < -0.3 is 10.6 Å². The van der Waals surface area contributed by atoms with Crippen molar-refractivity contribution in [2.24, 2.45) is 9.98 Å². The number of halogens is 1. The summed E-state index contributed by atoms with van der Waals surface area (Å²) in [6.45, 7) is 16.6. The predicted molar refractivity (Wildman–Crippen MR) is 222 cm³/mol. The summed E-state index contributed by atoms with van der Waals surface area (Å²) < 4.78 is 13.8. The molecule has 2 aromatic rings. The van der Waals surface area contributed by atoms with Gasteiger partial charge in [0.1, 0.15) is 11.7 Å². The molecule has 12 heteroatoms. The third kappa shape index (κ3) is 13.3. The topological polar surface area (TPSA) is 113 Å². The minimum Gasteiger partial charge on any atom is -0.393 e. The monoisotopic (exact) mass is 754 g/mol. The third-order valence-corrected chi connectivity index (χ3v) is 9.49. The molecule has 2 aromatic carbocycles. The maximum Gasteiger partial charge on any atom is 0.337 e. The number of piperazine rings is 1. The standard InChI is InChI=1S/C38H49FN8O3.C3H4.C2H6/c1-27(2)45-20-18-44(19-21-45)26-29-8-10-30(11-9-29)31-6-5-7-34(22-31)46-35(42-24-28(3)39)23-37(49)47(38(46)50)33-14-12-32(13-15-33)43-36(48)25-41-17-16-40-4;1-3-2;1-2/h5-11,16-17,22,24-25,27,32-33,40H,12-15,18-21,23,26H2,1-4H3,(H,43,48);1H,2H3;1-2H3/b17-16-,28-24+,41-25?,42-35?;;. The van der Waals surface area contributed by atoms with Crippen molar-refractivity contribution in [3.63, 3.8) is 0 Å². The number of imide groups is 1. The van der Waals surface area contributed by atoms with Crippen molar-refractivity contribution in [1.82, 2.24) is 25.3 Å². The van der Waals surface area contributed by atoms with Gasteiger partial charge in [-0.1, -0.05) is 50.2 Å². The Morgan fingerprint density at radius 3 is 2.27 bits per heavy atom. The van der Waals surface area contributed by atoms with Gasteiger partial charge in [-0.25, -0.2) is 19.1 Å². The van der Waals surface area contributed by atoms with Crippen molar-refractivity contribution >= 4 is 35.6 Å². The van der Waals surface area contributed by atoms with Gasteiger partial charge in [-0.3, -0.25) is 29.3 Å². The zero-order valence-electron chi connectivity index (χ0n) is 33.6. The molecule has 2 heterocycles. The van der Waals surface area contributed by atoms with E-state index in [0.717, 1.165) is 50.1 Å². The first kappa shape index (κ1) is 44.3. The molecule has 5 rings (SSSR count). The summed E-state index contributed by atoms with van der Waals surface area (Å²) in [7, 11) is 1.74. The summed E-state index contributed by atoms with van der Waals surface area (Å²) in [5, 5.41) is 5.76. The molecule has 2 saturated heterocycles. The Balaban J connectivity index is 0.00000155. The number of rotatable bonds is 11. The van der Waals surface area contributed by atoms with Crippen LogP contribution >= 0.6 is 0 Å². The van der Waals surface area contributed by atoms with Gasteiger partial charge in [0, 0.05) is 70.3 Å². The quantitative estimate of drug-likeness (QED) is 0.187. The molecule has 1 aliphatic carbocycles. The maximum absolute atomic E-state index is 14.2. The molecule has 11 nitrogen and oxygen atoms in total. The van der Waals surface area contributed by atoms with Gasteiger partial charge in [0.25, 0.3) is 5.91 Å². The third-order valence-electron chi connectivity index (χ3n) is 9.49. The fourth-order valence-corrected chi connectivity index (χ4v) is 6.78. The summed E-state index contributed by atoms with van der Waals surface area (Å²) in [6.07, 6.45) is 12.1. The van der Waals surface area contributed by atoms with Crippen LogP contribution in [0.3, 0.4) is 0 Å². The van der Waals surface area contributed by atoms with Gasteiger partial charge >= 0.3 is 6.03 Å². The first-order chi connectivity index (χ1) is 26.5. The highest BCUT2D eigenvalue weighted by atomic mass is 19.1. The molecule has 55 heavy (non-hydrogen) atoms. The van der Waals surface area contributed by atoms with Crippen molar-refractivity contribution in [3.05, 3.63) is 78.5 Å². The van der Waals surface area contributed by atoms with Crippen LogP contribution in [0.2, 0.25) is 0 Å². The molecule has 0 aromatic heterocycles. The number of carbonyl (C=O) groups is 3. The highest BCUT2D eigenvalue weighted by Gasteiger charge is 2.42. The molecule has 0 bridgehead atoms. The Morgan fingerprint density at radius 1 is 1.02 bits per heavy atom. The Morgan fingerprint density at radius 2 is 1.67 bits per heavy atom. The number of nitrogens with zero attached hydrogens (tertiary/aromatic N) is 6. The molecular formula is C43H59FN8O3. The number of hydrogen-bond donors (Lipinski definition) is 2. The van der Waals surface area contributed by atoms with Gasteiger partial charge in [0.15, 0.2) is 0 Å². The van der Waals surface area contributed by atoms with Crippen LogP contribution in [-0.4, -0.2) is 95.9 Å². The number of carbonyl (C=O) groups excluding carboxylic acids is 3. The summed E-state index contributed by atoms with van der Waals surface area (Å²) in [5.74, 6) is 1.23. The van der Waals surface area contributed by atoms with Crippen molar-refractivity contribution < 1.29 is 18.8 Å². The van der Waals surface area contributed by atoms with E-state index in [4.69, 9.17) is 0 Å². The van der Waals surface area contributed by atoms with Crippen LogP contribution in [0.1, 0.15) is 79.2 Å². The van der Waals surface area contributed by atoms with E-state index < -0.39 is 11.9 Å². The van der Waals surface area contributed by atoms with E-state index in [9.17, 15) is 18.8 Å². The fraction of sp³-hybridized carbons (Fsp3) is 0.465. The molecule has 2 N–H and O–H groups in total. The Labute approximate surface area is 327 Å². The molecular weight excluding hydrogens is 696 g/mol. The Kier molecular flexibility index (Phi) is 18.5. The van der Waals surface area contributed by atoms with Gasteiger partial charge in [-0.05, 0) is 82.2 Å². The SMILES string of the molecule is C#CC.CC.CN/C=C\N=CC(=O)NC1CCC(N2C(=O)CC(=N/C=C(\C)F)N(c3cccc(-c4ccc(CN5CCN(C(C)C)CC5)cc4)c3)C2=O)CC1. The second-order valence-electron chi connectivity index (χ2n) is 13.7. The van der Waals surface area contributed by atoms with Gasteiger partial charge in [0.2, 0.25) is 5.91 Å². The number of allylic oxidation sites excluding steroid dienone is 1. The number of terminal acetylenes is 1. The van der Waals surface area contributed by atoms with Crippen molar-refractivity contribution in [2.75, 3.05) is 38.1 Å². The highest BCUT2D eigenvalue weighted by molar-refractivity contribution is 6.28. The number of hydrogen-bond acceptors (Lipinski definition) is 8. The Bertz CT molecular complexity index is 1710. The van der Waals surface area contributed by atoms with Gasteiger partial charge in [0.05, 0.1) is 24.5 Å². The number of amidine groups is 1. The minimum atomic E-state index is -0.529. The van der Waals surface area contributed by atoms with Gasteiger partial charge in [-0.15, -0.1) is 12.3 Å². The summed E-state index contributed by atoms with van der Waals surface area (Å²) in [5.41, 5.74) is 3.70.